The van der Waals surface area contributed by atoms with Crippen LogP contribution in [0, 0.1) is 5.92 Å². The standard InChI is InChI=1S/C17H32O4/c1-3-5-7-8-11-15(10-6-4-2)14-21-17(20)13-9-12-16(18)19/h15H,3-14H2,1-2H3,(H,18,19). The SMILES string of the molecule is CCCCCCC(CCCC)COC(=O)CCCC(=O)O. The van der Waals surface area contributed by atoms with Crippen LogP contribution in [0.3, 0.4) is 0 Å². The Kier molecular flexibility index (Phi) is 13.2. The highest BCUT2D eigenvalue weighted by molar-refractivity contribution is 5.71. The molecule has 0 aliphatic rings. The van der Waals surface area contributed by atoms with E-state index in [2.05, 4.69) is 13.8 Å². The van der Waals surface area contributed by atoms with E-state index in [4.69, 9.17) is 9.84 Å². The second kappa shape index (κ2) is 13.9. The van der Waals surface area contributed by atoms with Gasteiger partial charge in [0.15, 0.2) is 0 Å². The zero-order valence-electron chi connectivity index (χ0n) is 13.7. The molecule has 0 spiro atoms. The number of hydrogen-bond acceptors (Lipinski definition) is 3. The molecule has 124 valence electrons. The fourth-order valence-electron chi connectivity index (χ4n) is 2.33. The third kappa shape index (κ3) is 13.7. The molecule has 0 rings (SSSR count). The summed E-state index contributed by atoms with van der Waals surface area (Å²) in [6.45, 7) is 4.87. The van der Waals surface area contributed by atoms with Crippen LogP contribution < -0.4 is 0 Å². The minimum Gasteiger partial charge on any atom is -0.481 e. The Balaban J connectivity index is 3.86. The molecule has 1 unspecified atom stereocenters. The van der Waals surface area contributed by atoms with Crippen LogP contribution in [0.25, 0.3) is 0 Å². The van der Waals surface area contributed by atoms with Crippen molar-refractivity contribution in [1.82, 2.24) is 0 Å². The van der Waals surface area contributed by atoms with E-state index in [-0.39, 0.29) is 18.8 Å². The fourth-order valence-corrected chi connectivity index (χ4v) is 2.33. The van der Waals surface area contributed by atoms with Crippen molar-refractivity contribution in [3.63, 3.8) is 0 Å². The van der Waals surface area contributed by atoms with Crippen LogP contribution in [0.4, 0.5) is 0 Å². The van der Waals surface area contributed by atoms with Gasteiger partial charge in [-0.3, -0.25) is 9.59 Å². The number of carbonyl (C=O) groups is 2. The Morgan fingerprint density at radius 1 is 0.905 bits per heavy atom. The molecule has 0 heterocycles. The highest BCUT2D eigenvalue weighted by atomic mass is 16.5. The number of aliphatic carboxylic acids is 1. The van der Waals surface area contributed by atoms with E-state index in [0.717, 1.165) is 19.3 Å². The maximum atomic E-state index is 11.6. The van der Waals surface area contributed by atoms with E-state index in [9.17, 15) is 9.59 Å². The number of rotatable bonds is 14. The molecule has 0 saturated carbocycles. The molecule has 0 aromatic rings. The van der Waals surface area contributed by atoms with Gasteiger partial charge in [-0.1, -0.05) is 52.4 Å². The molecule has 0 bridgehead atoms. The first-order valence-electron chi connectivity index (χ1n) is 8.47. The first kappa shape index (κ1) is 19.9. The van der Waals surface area contributed by atoms with Gasteiger partial charge in [0.05, 0.1) is 6.61 Å². The van der Waals surface area contributed by atoms with Crippen molar-refractivity contribution in [2.75, 3.05) is 6.61 Å². The van der Waals surface area contributed by atoms with E-state index in [0.29, 0.717) is 18.9 Å². The lowest BCUT2D eigenvalue weighted by Gasteiger charge is -2.16. The van der Waals surface area contributed by atoms with E-state index in [1.807, 2.05) is 0 Å². The first-order chi connectivity index (χ1) is 10.1. The van der Waals surface area contributed by atoms with Crippen LogP contribution in [-0.2, 0) is 14.3 Å². The van der Waals surface area contributed by atoms with E-state index in [1.165, 1.54) is 32.1 Å². The van der Waals surface area contributed by atoms with Crippen molar-refractivity contribution < 1.29 is 19.4 Å². The predicted octanol–water partition coefficient (Wildman–Crippen LogP) is 4.56. The van der Waals surface area contributed by atoms with Crippen molar-refractivity contribution >= 4 is 11.9 Å². The molecule has 0 aliphatic heterocycles. The zero-order chi connectivity index (χ0) is 15.9. The normalized spacial score (nSPS) is 12.1. The molecule has 0 radical (unpaired) electrons. The van der Waals surface area contributed by atoms with Crippen LogP contribution in [0.1, 0.15) is 84.5 Å². The van der Waals surface area contributed by atoms with Gasteiger partial charge in [-0.15, -0.1) is 0 Å². The molecule has 4 nitrogen and oxygen atoms in total. The van der Waals surface area contributed by atoms with Gasteiger partial charge in [0.1, 0.15) is 0 Å². The summed E-state index contributed by atoms with van der Waals surface area (Å²) in [5.41, 5.74) is 0. The monoisotopic (exact) mass is 300 g/mol. The summed E-state index contributed by atoms with van der Waals surface area (Å²) in [6.07, 6.45) is 10.2. The molecule has 1 atom stereocenters. The number of carboxylic acids is 1. The second-order valence-corrected chi connectivity index (χ2v) is 5.79. The minimum atomic E-state index is -0.862. The van der Waals surface area contributed by atoms with Gasteiger partial charge in [-0.2, -0.15) is 0 Å². The summed E-state index contributed by atoms with van der Waals surface area (Å²) in [4.78, 5) is 21.9. The highest BCUT2D eigenvalue weighted by Gasteiger charge is 2.12. The summed E-state index contributed by atoms with van der Waals surface area (Å²) in [7, 11) is 0. The summed E-state index contributed by atoms with van der Waals surface area (Å²) in [6, 6.07) is 0. The highest BCUT2D eigenvalue weighted by Crippen LogP contribution is 2.18. The Morgan fingerprint density at radius 2 is 1.57 bits per heavy atom. The van der Waals surface area contributed by atoms with Crippen LogP contribution in [0.5, 0.6) is 0 Å². The smallest absolute Gasteiger partial charge is 0.305 e. The van der Waals surface area contributed by atoms with Crippen molar-refractivity contribution in [3.05, 3.63) is 0 Å². The zero-order valence-corrected chi connectivity index (χ0v) is 13.7. The Hall–Kier alpha value is -1.06. The number of hydrogen-bond donors (Lipinski definition) is 1. The molecule has 1 N–H and O–H groups in total. The van der Waals surface area contributed by atoms with E-state index < -0.39 is 5.97 Å². The lowest BCUT2D eigenvalue weighted by Crippen LogP contribution is -2.14. The van der Waals surface area contributed by atoms with Crippen LogP contribution in [0.15, 0.2) is 0 Å². The maximum absolute atomic E-state index is 11.6. The predicted molar refractivity (Wildman–Crippen MR) is 84.2 cm³/mol. The first-order valence-corrected chi connectivity index (χ1v) is 8.47. The summed E-state index contributed by atoms with van der Waals surface area (Å²) >= 11 is 0. The molecule has 0 saturated heterocycles. The molecule has 0 aliphatic carbocycles. The summed E-state index contributed by atoms with van der Waals surface area (Å²) in [5.74, 6) is -0.656. The molecule has 0 aromatic heterocycles. The van der Waals surface area contributed by atoms with Crippen molar-refractivity contribution in [2.45, 2.75) is 84.5 Å². The molecule has 0 amide bonds. The number of unbranched alkanes of at least 4 members (excludes halogenated alkanes) is 4. The molecular weight excluding hydrogens is 268 g/mol. The number of esters is 1. The van der Waals surface area contributed by atoms with Gasteiger partial charge in [-0.25, -0.2) is 0 Å². The molecule has 0 fully saturated rings. The van der Waals surface area contributed by atoms with Crippen LogP contribution in [0.2, 0.25) is 0 Å². The fraction of sp³-hybridized carbons (Fsp3) is 0.882. The van der Waals surface area contributed by atoms with Gasteiger partial charge in [0.2, 0.25) is 0 Å². The Labute approximate surface area is 129 Å². The lowest BCUT2D eigenvalue weighted by molar-refractivity contribution is -0.145. The number of ether oxygens (including phenoxy) is 1. The second-order valence-electron chi connectivity index (χ2n) is 5.79. The third-order valence-corrected chi connectivity index (χ3v) is 3.68. The number of carboxylic acid groups (broad SMARTS) is 1. The average molecular weight is 300 g/mol. The summed E-state index contributed by atoms with van der Waals surface area (Å²) in [5, 5.41) is 8.53. The number of carbonyl (C=O) groups excluding carboxylic acids is 1. The lowest BCUT2D eigenvalue weighted by atomic mass is 9.96. The van der Waals surface area contributed by atoms with Gasteiger partial charge in [0, 0.05) is 12.8 Å². The van der Waals surface area contributed by atoms with Crippen LogP contribution in [-0.4, -0.2) is 23.7 Å². The van der Waals surface area contributed by atoms with Gasteiger partial charge >= 0.3 is 11.9 Å². The molecule has 0 aromatic carbocycles. The van der Waals surface area contributed by atoms with Gasteiger partial charge in [-0.05, 0) is 25.2 Å². The van der Waals surface area contributed by atoms with Crippen molar-refractivity contribution in [3.8, 4) is 0 Å². The molecular formula is C17H32O4. The topological polar surface area (TPSA) is 63.6 Å². The minimum absolute atomic E-state index is 0.0331. The molecule has 4 heteroatoms. The maximum Gasteiger partial charge on any atom is 0.305 e. The quantitative estimate of drug-likeness (QED) is 0.377. The Morgan fingerprint density at radius 3 is 2.19 bits per heavy atom. The van der Waals surface area contributed by atoms with Gasteiger partial charge < -0.3 is 9.84 Å². The van der Waals surface area contributed by atoms with Crippen LogP contribution >= 0.6 is 0 Å². The van der Waals surface area contributed by atoms with E-state index in [1.54, 1.807) is 0 Å². The Bertz CT molecular complexity index is 276. The van der Waals surface area contributed by atoms with Crippen molar-refractivity contribution in [1.29, 1.82) is 0 Å². The molecule has 21 heavy (non-hydrogen) atoms. The summed E-state index contributed by atoms with van der Waals surface area (Å²) < 4.78 is 5.31. The third-order valence-electron chi connectivity index (χ3n) is 3.68. The van der Waals surface area contributed by atoms with Gasteiger partial charge in [0.25, 0.3) is 0 Å². The largest absolute Gasteiger partial charge is 0.481 e. The average Bonchev–Trinajstić information content (AvgIpc) is 2.45. The van der Waals surface area contributed by atoms with E-state index >= 15 is 0 Å². The van der Waals surface area contributed by atoms with Crippen molar-refractivity contribution in [2.24, 2.45) is 5.92 Å².